The Morgan fingerprint density at radius 1 is 1.00 bits per heavy atom. The molecular weight excluding hydrogens is 372 g/mol. The highest BCUT2D eigenvalue weighted by atomic mass is 16.3. The first kappa shape index (κ1) is 22.5. The van der Waals surface area contributed by atoms with Gasteiger partial charge in [0.1, 0.15) is 11.4 Å². The van der Waals surface area contributed by atoms with E-state index in [9.17, 15) is 14.7 Å². The zero-order chi connectivity index (χ0) is 21.9. The summed E-state index contributed by atoms with van der Waals surface area (Å²) in [6.07, 6.45) is 10.7. The third-order valence-electron chi connectivity index (χ3n) is 10.7. The summed E-state index contributed by atoms with van der Waals surface area (Å²) in [5.41, 5.74) is -1.47. The third-order valence-corrected chi connectivity index (χ3v) is 10.7. The molecule has 3 heteroatoms. The topological polar surface area (TPSA) is 54.4 Å². The lowest BCUT2D eigenvalue weighted by Gasteiger charge is -2.62. The van der Waals surface area contributed by atoms with Gasteiger partial charge in [0.15, 0.2) is 5.78 Å². The minimum absolute atomic E-state index is 0.0306. The maximum absolute atomic E-state index is 13.3. The first-order chi connectivity index (χ1) is 14.0. The summed E-state index contributed by atoms with van der Waals surface area (Å²) in [4.78, 5) is 25.4. The molecule has 4 fully saturated rings. The Morgan fingerprint density at radius 2 is 1.73 bits per heavy atom. The van der Waals surface area contributed by atoms with Crippen molar-refractivity contribution in [1.29, 1.82) is 0 Å². The van der Waals surface area contributed by atoms with Gasteiger partial charge < -0.3 is 5.11 Å². The number of carbonyl (C=O) groups is 2. The van der Waals surface area contributed by atoms with Crippen LogP contribution in [0.5, 0.6) is 0 Å². The quantitative estimate of drug-likeness (QED) is 0.600. The Kier molecular flexibility index (Phi) is 5.78. The number of hydrogen-bond acceptors (Lipinski definition) is 3. The molecule has 30 heavy (non-hydrogen) atoms. The van der Waals surface area contributed by atoms with Crippen LogP contribution in [0.4, 0.5) is 0 Å². The molecule has 3 nitrogen and oxygen atoms in total. The fourth-order valence-corrected chi connectivity index (χ4v) is 8.86. The van der Waals surface area contributed by atoms with E-state index in [4.69, 9.17) is 0 Å². The van der Waals surface area contributed by atoms with E-state index >= 15 is 0 Å². The highest BCUT2D eigenvalue weighted by Crippen LogP contribution is 2.68. The van der Waals surface area contributed by atoms with Gasteiger partial charge >= 0.3 is 0 Å². The second-order valence-electron chi connectivity index (χ2n) is 12.5. The van der Waals surface area contributed by atoms with Crippen LogP contribution >= 0.6 is 0 Å². The van der Waals surface area contributed by atoms with Crippen molar-refractivity contribution in [3.05, 3.63) is 0 Å². The molecular formula is C27H44O3. The molecule has 0 aromatic carbocycles. The van der Waals surface area contributed by atoms with Gasteiger partial charge in [0.2, 0.25) is 0 Å². The van der Waals surface area contributed by atoms with E-state index in [2.05, 4.69) is 34.6 Å². The lowest BCUT2D eigenvalue weighted by Crippen LogP contribution is -2.66. The highest BCUT2D eigenvalue weighted by molar-refractivity contribution is 5.96. The normalized spacial score (nSPS) is 47.0. The molecule has 0 bridgehead atoms. The number of fused-ring (bicyclic) bond motifs is 5. The van der Waals surface area contributed by atoms with Crippen LogP contribution in [0, 0.1) is 46.3 Å². The molecule has 4 saturated carbocycles. The first-order valence-corrected chi connectivity index (χ1v) is 12.8. The molecule has 0 unspecified atom stereocenters. The maximum Gasteiger partial charge on any atom is 0.165 e. The van der Waals surface area contributed by atoms with Gasteiger partial charge in [-0.15, -0.1) is 0 Å². The zero-order valence-electron chi connectivity index (χ0n) is 20.0. The van der Waals surface area contributed by atoms with Crippen molar-refractivity contribution in [3.63, 3.8) is 0 Å². The summed E-state index contributed by atoms with van der Waals surface area (Å²) in [5.74, 6) is 3.76. The Labute approximate surface area is 183 Å². The van der Waals surface area contributed by atoms with Crippen molar-refractivity contribution in [2.24, 2.45) is 46.3 Å². The Bertz CT molecular complexity index is 698. The van der Waals surface area contributed by atoms with E-state index in [-0.39, 0.29) is 18.0 Å². The Balaban J connectivity index is 1.54. The summed E-state index contributed by atoms with van der Waals surface area (Å²) >= 11 is 0. The number of hydrogen-bond donors (Lipinski definition) is 1. The van der Waals surface area contributed by atoms with Gasteiger partial charge in [0.25, 0.3) is 0 Å². The SMILES string of the molecule is CC(C)CCC[C@H](C)[C@H]1CC[C@@H]2[C@@H]3CC(=O)[C@@]4(O)CC(=O)CC[C@]4(C)[C@H]3CC[C@@]21C. The average molecular weight is 417 g/mol. The predicted molar refractivity (Wildman–Crippen MR) is 120 cm³/mol. The van der Waals surface area contributed by atoms with Crippen molar-refractivity contribution < 1.29 is 14.7 Å². The van der Waals surface area contributed by atoms with Crippen molar-refractivity contribution in [2.75, 3.05) is 0 Å². The molecule has 170 valence electrons. The molecule has 4 aliphatic carbocycles. The van der Waals surface area contributed by atoms with Crippen molar-refractivity contribution in [3.8, 4) is 0 Å². The zero-order valence-corrected chi connectivity index (χ0v) is 20.0. The summed E-state index contributed by atoms with van der Waals surface area (Å²) in [6.45, 7) is 11.8. The fourth-order valence-electron chi connectivity index (χ4n) is 8.86. The fraction of sp³-hybridized carbons (Fsp3) is 0.926. The van der Waals surface area contributed by atoms with Crippen molar-refractivity contribution >= 4 is 11.6 Å². The monoisotopic (exact) mass is 416 g/mol. The van der Waals surface area contributed by atoms with Gasteiger partial charge in [-0.2, -0.15) is 0 Å². The lowest BCUT2D eigenvalue weighted by atomic mass is 9.42. The molecule has 0 amide bonds. The molecule has 4 aliphatic rings. The molecule has 0 radical (unpaired) electrons. The largest absolute Gasteiger partial charge is 0.381 e. The van der Waals surface area contributed by atoms with Gasteiger partial charge in [-0.1, -0.05) is 53.9 Å². The van der Waals surface area contributed by atoms with Crippen LogP contribution < -0.4 is 0 Å². The van der Waals surface area contributed by atoms with Crippen LogP contribution in [0.15, 0.2) is 0 Å². The molecule has 0 spiro atoms. The minimum atomic E-state index is -1.40. The number of ketones is 2. The van der Waals surface area contributed by atoms with Gasteiger partial charge in [0.05, 0.1) is 0 Å². The smallest absolute Gasteiger partial charge is 0.165 e. The molecule has 4 rings (SSSR count). The number of rotatable bonds is 5. The van der Waals surface area contributed by atoms with E-state index < -0.39 is 11.0 Å². The Hall–Kier alpha value is -0.700. The summed E-state index contributed by atoms with van der Waals surface area (Å²) in [6, 6.07) is 0. The molecule has 0 heterocycles. The molecule has 1 N–H and O–H groups in total. The lowest BCUT2D eigenvalue weighted by molar-refractivity contribution is -0.203. The van der Waals surface area contributed by atoms with Crippen LogP contribution in [0.25, 0.3) is 0 Å². The second-order valence-corrected chi connectivity index (χ2v) is 12.5. The average Bonchev–Trinajstić information content (AvgIpc) is 3.01. The number of carbonyl (C=O) groups excluding carboxylic acids is 2. The van der Waals surface area contributed by atoms with Crippen LogP contribution in [0.3, 0.4) is 0 Å². The van der Waals surface area contributed by atoms with Crippen LogP contribution in [-0.4, -0.2) is 22.3 Å². The molecule has 0 saturated heterocycles. The maximum atomic E-state index is 13.3. The van der Waals surface area contributed by atoms with Gasteiger partial charge in [-0.05, 0) is 73.0 Å². The van der Waals surface area contributed by atoms with E-state index in [0.29, 0.717) is 42.4 Å². The molecule has 8 atom stereocenters. The van der Waals surface area contributed by atoms with E-state index in [1.807, 2.05) is 0 Å². The van der Waals surface area contributed by atoms with Gasteiger partial charge in [-0.3, -0.25) is 9.59 Å². The van der Waals surface area contributed by atoms with Crippen LogP contribution in [0.1, 0.15) is 105 Å². The van der Waals surface area contributed by atoms with Crippen molar-refractivity contribution in [1.82, 2.24) is 0 Å². The third kappa shape index (κ3) is 3.24. The summed E-state index contributed by atoms with van der Waals surface area (Å²) < 4.78 is 0. The Morgan fingerprint density at radius 3 is 2.43 bits per heavy atom. The second kappa shape index (κ2) is 7.71. The highest BCUT2D eigenvalue weighted by Gasteiger charge is 2.67. The molecule has 0 aromatic heterocycles. The number of aliphatic hydroxyl groups is 1. The summed E-state index contributed by atoms with van der Waals surface area (Å²) in [5, 5.41) is 11.4. The molecule has 0 aliphatic heterocycles. The van der Waals surface area contributed by atoms with E-state index in [1.165, 1.54) is 38.5 Å². The van der Waals surface area contributed by atoms with Crippen LogP contribution in [0.2, 0.25) is 0 Å². The number of Topliss-reactive ketones (excluding diaryl/α,β-unsaturated/α-hetero) is 2. The predicted octanol–water partition coefficient (Wildman–Crippen LogP) is 5.97. The summed E-state index contributed by atoms with van der Waals surface area (Å²) in [7, 11) is 0. The molecule has 0 aromatic rings. The van der Waals surface area contributed by atoms with Crippen LogP contribution in [-0.2, 0) is 9.59 Å². The van der Waals surface area contributed by atoms with E-state index in [1.54, 1.807) is 0 Å². The standard InChI is InChI=1S/C27H44O3/c1-17(2)7-6-8-18(3)21-9-10-22-20-15-24(29)27(30)16-19(28)11-14-26(27,5)23(20)12-13-25(21,22)4/h17-18,20-23,30H,6-16H2,1-5H3/t18-,20-,21+,22+,23-,25+,26+,27-/m0/s1. The minimum Gasteiger partial charge on any atom is -0.381 e. The van der Waals surface area contributed by atoms with Gasteiger partial charge in [0, 0.05) is 24.7 Å². The van der Waals surface area contributed by atoms with Gasteiger partial charge in [-0.25, -0.2) is 0 Å². The first-order valence-electron chi connectivity index (χ1n) is 12.8. The van der Waals surface area contributed by atoms with E-state index in [0.717, 1.165) is 24.2 Å². The van der Waals surface area contributed by atoms with Crippen molar-refractivity contribution in [2.45, 2.75) is 111 Å².